The zero-order valence-electron chi connectivity index (χ0n) is 13.0. The van der Waals surface area contributed by atoms with E-state index in [-0.39, 0.29) is 11.5 Å². The van der Waals surface area contributed by atoms with Crippen molar-refractivity contribution in [2.75, 3.05) is 11.5 Å². The molecule has 0 heterocycles. The molecule has 2 aromatic carbocycles. The molecule has 2 rings (SSSR count). The largest absolute Gasteiger partial charge is 0.500 e. The molecule has 0 fully saturated rings. The van der Waals surface area contributed by atoms with E-state index in [1.54, 1.807) is 11.8 Å². The Morgan fingerprint density at radius 3 is 2.30 bits per heavy atom. The number of anilines is 1. The second-order valence-electron chi connectivity index (χ2n) is 4.81. The van der Waals surface area contributed by atoms with Crippen LogP contribution in [0, 0.1) is 11.3 Å². The molecule has 0 spiro atoms. The number of rotatable bonds is 6. The van der Waals surface area contributed by atoms with Gasteiger partial charge >= 0.3 is 0 Å². The van der Waals surface area contributed by atoms with E-state index in [9.17, 15) is 10.1 Å². The Hall–Kier alpha value is -3.06. The fraction of sp³-hybridized carbons (Fsp3) is 0.158. The van der Waals surface area contributed by atoms with Crippen molar-refractivity contribution in [2.24, 2.45) is 0 Å². The molecule has 1 amide bonds. The first-order valence-corrected chi connectivity index (χ1v) is 7.39. The molecule has 0 aliphatic heterocycles. The molecule has 0 aromatic heterocycles. The average Bonchev–Trinajstić information content (AvgIpc) is 2.62. The number of nitriles is 1. The molecule has 23 heavy (non-hydrogen) atoms. The topological polar surface area (TPSA) is 53.3 Å². The Bertz CT molecular complexity index is 703. The molecular weight excluding hydrogens is 288 g/mol. The van der Waals surface area contributed by atoms with Gasteiger partial charge in [0.25, 0.3) is 5.91 Å². The van der Waals surface area contributed by atoms with Gasteiger partial charge in [-0.1, -0.05) is 48.5 Å². The molecule has 116 valence electrons. The van der Waals surface area contributed by atoms with Gasteiger partial charge in [0.1, 0.15) is 12.3 Å². The Balaban J connectivity index is 2.34. The summed E-state index contributed by atoms with van der Waals surface area (Å²) in [6.07, 6.45) is 1.23. The van der Waals surface area contributed by atoms with E-state index in [0.717, 1.165) is 11.3 Å². The van der Waals surface area contributed by atoms with Crippen molar-refractivity contribution >= 4 is 11.6 Å². The fourth-order valence-corrected chi connectivity index (χ4v) is 2.09. The Kier molecular flexibility index (Phi) is 5.96. The zero-order valence-corrected chi connectivity index (χ0v) is 13.0. The Labute approximate surface area is 136 Å². The van der Waals surface area contributed by atoms with E-state index in [1.807, 2.05) is 66.7 Å². The third-order valence-corrected chi connectivity index (χ3v) is 3.22. The van der Waals surface area contributed by atoms with Crippen LogP contribution in [0.2, 0.25) is 0 Å². The van der Waals surface area contributed by atoms with Crippen LogP contribution in [-0.2, 0) is 16.1 Å². The Morgan fingerprint density at radius 2 is 1.74 bits per heavy atom. The standard InChI is InChI=1S/C19H18N2O2/c1-2-23-15-17(13-20)19(22)21(18-11-7-4-8-12-18)14-16-9-5-3-6-10-16/h3-12,15H,2,14H2,1H3/b17-15+. The quantitative estimate of drug-likeness (QED) is 0.465. The number of amides is 1. The second-order valence-corrected chi connectivity index (χ2v) is 4.81. The number of hydrogen-bond donors (Lipinski definition) is 0. The normalized spacial score (nSPS) is 10.7. The van der Waals surface area contributed by atoms with E-state index < -0.39 is 0 Å². The lowest BCUT2D eigenvalue weighted by atomic mass is 10.1. The van der Waals surface area contributed by atoms with Crippen molar-refractivity contribution in [1.29, 1.82) is 5.26 Å². The van der Waals surface area contributed by atoms with Crippen molar-refractivity contribution in [2.45, 2.75) is 13.5 Å². The SMILES string of the molecule is CCO/C=C(\C#N)C(=O)N(Cc1ccccc1)c1ccccc1. The summed E-state index contributed by atoms with van der Waals surface area (Å²) in [5.74, 6) is -0.379. The molecule has 0 N–H and O–H groups in total. The van der Waals surface area contributed by atoms with Crippen LogP contribution < -0.4 is 4.90 Å². The molecule has 0 aliphatic carbocycles. The molecule has 0 unspecified atom stereocenters. The third kappa shape index (κ3) is 4.45. The van der Waals surface area contributed by atoms with Crippen molar-refractivity contribution in [3.8, 4) is 6.07 Å². The van der Waals surface area contributed by atoms with E-state index in [2.05, 4.69) is 0 Å². The molecule has 0 radical (unpaired) electrons. The minimum atomic E-state index is -0.379. The van der Waals surface area contributed by atoms with Crippen LogP contribution in [0.15, 0.2) is 72.5 Å². The number of benzene rings is 2. The van der Waals surface area contributed by atoms with Crippen LogP contribution in [-0.4, -0.2) is 12.5 Å². The monoisotopic (exact) mass is 306 g/mol. The highest BCUT2D eigenvalue weighted by Crippen LogP contribution is 2.19. The van der Waals surface area contributed by atoms with E-state index in [0.29, 0.717) is 13.2 Å². The van der Waals surface area contributed by atoms with Crippen LogP contribution in [0.3, 0.4) is 0 Å². The first kappa shape index (κ1) is 16.3. The van der Waals surface area contributed by atoms with Crippen molar-refractivity contribution < 1.29 is 9.53 Å². The summed E-state index contributed by atoms with van der Waals surface area (Å²) in [7, 11) is 0. The van der Waals surface area contributed by atoms with Crippen molar-refractivity contribution in [1.82, 2.24) is 0 Å². The van der Waals surface area contributed by atoms with Crippen molar-refractivity contribution in [3.63, 3.8) is 0 Å². The van der Waals surface area contributed by atoms with Gasteiger partial charge in [0, 0.05) is 5.69 Å². The number of para-hydroxylation sites is 1. The molecule has 0 saturated carbocycles. The van der Waals surface area contributed by atoms with Gasteiger partial charge in [0.15, 0.2) is 5.57 Å². The van der Waals surface area contributed by atoms with Gasteiger partial charge < -0.3 is 9.64 Å². The molecule has 0 bridgehead atoms. The molecule has 0 atom stereocenters. The predicted octanol–water partition coefficient (Wildman–Crippen LogP) is 3.66. The molecule has 0 aliphatic rings. The number of carbonyl (C=O) groups is 1. The molecule has 0 saturated heterocycles. The predicted molar refractivity (Wildman–Crippen MR) is 89.4 cm³/mol. The number of nitrogens with zero attached hydrogens (tertiary/aromatic N) is 2. The van der Waals surface area contributed by atoms with E-state index >= 15 is 0 Å². The van der Waals surface area contributed by atoms with Crippen LogP contribution in [0.1, 0.15) is 12.5 Å². The van der Waals surface area contributed by atoms with E-state index in [4.69, 9.17) is 4.74 Å². The highest BCUT2D eigenvalue weighted by Gasteiger charge is 2.20. The van der Waals surface area contributed by atoms with Crippen LogP contribution in [0.5, 0.6) is 0 Å². The summed E-state index contributed by atoms with van der Waals surface area (Å²) < 4.78 is 5.11. The van der Waals surface area contributed by atoms with Gasteiger partial charge in [-0.25, -0.2) is 0 Å². The van der Waals surface area contributed by atoms with Crippen LogP contribution in [0.25, 0.3) is 0 Å². The maximum absolute atomic E-state index is 12.7. The number of carbonyl (C=O) groups excluding carboxylic acids is 1. The summed E-state index contributed by atoms with van der Waals surface area (Å²) >= 11 is 0. The number of ether oxygens (including phenoxy) is 1. The smallest absolute Gasteiger partial charge is 0.272 e. The fourth-order valence-electron chi connectivity index (χ4n) is 2.09. The lowest BCUT2D eigenvalue weighted by molar-refractivity contribution is -0.115. The van der Waals surface area contributed by atoms with E-state index in [1.165, 1.54) is 6.26 Å². The first-order valence-electron chi connectivity index (χ1n) is 7.39. The molecular formula is C19H18N2O2. The summed E-state index contributed by atoms with van der Waals surface area (Å²) in [6, 6.07) is 20.9. The van der Waals surface area contributed by atoms with Gasteiger partial charge in [-0.3, -0.25) is 4.79 Å². The van der Waals surface area contributed by atoms with Gasteiger partial charge in [0.2, 0.25) is 0 Å². The summed E-state index contributed by atoms with van der Waals surface area (Å²) in [5, 5.41) is 9.24. The number of hydrogen-bond acceptors (Lipinski definition) is 3. The summed E-state index contributed by atoms with van der Waals surface area (Å²) in [6.45, 7) is 2.59. The minimum Gasteiger partial charge on any atom is -0.500 e. The molecule has 2 aromatic rings. The van der Waals surface area contributed by atoms with Crippen molar-refractivity contribution in [3.05, 3.63) is 78.1 Å². The van der Waals surface area contributed by atoms with Gasteiger partial charge in [-0.05, 0) is 24.6 Å². The van der Waals surface area contributed by atoms with Gasteiger partial charge in [0.05, 0.1) is 13.2 Å². The minimum absolute atomic E-state index is 0.0216. The lowest BCUT2D eigenvalue weighted by Crippen LogP contribution is -2.31. The highest BCUT2D eigenvalue weighted by molar-refractivity contribution is 6.08. The first-order chi connectivity index (χ1) is 11.3. The highest BCUT2D eigenvalue weighted by atomic mass is 16.5. The Morgan fingerprint density at radius 1 is 1.13 bits per heavy atom. The molecule has 4 nitrogen and oxygen atoms in total. The molecule has 4 heteroatoms. The zero-order chi connectivity index (χ0) is 16.5. The average molecular weight is 306 g/mol. The third-order valence-electron chi connectivity index (χ3n) is 3.22. The van der Waals surface area contributed by atoms with Gasteiger partial charge in [-0.15, -0.1) is 0 Å². The van der Waals surface area contributed by atoms with Gasteiger partial charge in [-0.2, -0.15) is 5.26 Å². The lowest BCUT2D eigenvalue weighted by Gasteiger charge is -2.22. The van der Waals surface area contributed by atoms with Crippen LogP contribution in [0.4, 0.5) is 5.69 Å². The maximum atomic E-state index is 12.7. The summed E-state index contributed by atoms with van der Waals surface area (Å²) in [4.78, 5) is 14.3. The van der Waals surface area contributed by atoms with Crippen LogP contribution >= 0.6 is 0 Å². The summed E-state index contributed by atoms with van der Waals surface area (Å²) in [5.41, 5.74) is 1.70. The second kappa shape index (κ2) is 8.40. The maximum Gasteiger partial charge on any atom is 0.272 e.